The van der Waals surface area contributed by atoms with Crippen LogP contribution >= 0.6 is 0 Å². The molecule has 1 fully saturated rings. The number of anilines is 2. The van der Waals surface area contributed by atoms with Gasteiger partial charge in [-0.1, -0.05) is 26.8 Å². The first kappa shape index (κ1) is 19.8. The zero-order valence-electron chi connectivity index (χ0n) is 17.6. The van der Waals surface area contributed by atoms with Gasteiger partial charge >= 0.3 is 0 Å². The Morgan fingerprint density at radius 3 is 2.62 bits per heavy atom. The summed E-state index contributed by atoms with van der Waals surface area (Å²) in [4.78, 5) is 13.2. The monoisotopic (exact) mass is 394 g/mol. The number of methoxy groups -OCH3 is 1. The van der Waals surface area contributed by atoms with Gasteiger partial charge in [-0.25, -0.2) is 0 Å². The Kier molecular flexibility index (Phi) is 4.82. The van der Waals surface area contributed by atoms with Gasteiger partial charge in [0.25, 0.3) is 0 Å². The number of hydrogen-bond donors (Lipinski definition) is 3. The molecule has 4 rings (SSSR count). The van der Waals surface area contributed by atoms with Crippen LogP contribution in [0.5, 0.6) is 5.75 Å². The third-order valence-electron chi connectivity index (χ3n) is 6.35. The lowest BCUT2D eigenvalue weighted by Crippen LogP contribution is -2.31. The Hall–Kier alpha value is -2.53. The van der Waals surface area contributed by atoms with E-state index in [1.807, 2.05) is 24.3 Å². The number of carbonyl (C=O) groups excluding carboxylic acids is 1. The summed E-state index contributed by atoms with van der Waals surface area (Å²) in [5.74, 6) is 0.664. The summed E-state index contributed by atoms with van der Waals surface area (Å²) < 4.78 is 5.29. The van der Waals surface area contributed by atoms with E-state index in [0.717, 1.165) is 36.2 Å². The van der Waals surface area contributed by atoms with Gasteiger partial charge in [-0.15, -0.1) is 0 Å². The molecule has 29 heavy (non-hydrogen) atoms. The number of benzene rings is 2. The largest absolute Gasteiger partial charge is 0.496 e. The fourth-order valence-corrected chi connectivity index (χ4v) is 4.18. The highest BCUT2D eigenvalue weighted by Gasteiger charge is 2.51. The Morgan fingerprint density at radius 2 is 2.00 bits per heavy atom. The van der Waals surface area contributed by atoms with Crippen molar-refractivity contribution in [3.63, 3.8) is 0 Å². The highest BCUT2D eigenvalue weighted by atomic mass is 16.5. The van der Waals surface area contributed by atoms with Gasteiger partial charge in [0, 0.05) is 23.0 Å². The number of nitrogens with one attached hydrogen (secondary N) is 2. The van der Waals surface area contributed by atoms with Crippen LogP contribution in [0, 0.1) is 5.41 Å². The van der Waals surface area contributed by atoms with Crippen molar-refractivity contribution in [2.45, 2.75) is 58.1 Å². The average molecular weight is 395 g/mol. The predicted molar refractivity (Wildman–Crippen MR) is 115 cm³/mol. The van der Waals surface area contributed by atoms with Crippen molar-refractivity contribution in [3.8, 4) is 5.75 Å². The molecule has 1 saturated carbocycles. The van der Waals surface area contributed by atoms with Crippen LogP contribution < -0.4 is 15.4 Å². The topological polar surface area (TPSA) is 70.6 Å². The number of aliphatic hydroxyl groups is 1. The Morgan fingerprint density at radius 1 is 1.24 bits per heavy atom. The first-order chi connectivity index (χ1) is 13.8. The number of ether oxygens (including phenoxy) is 1. The van der Waals surface area contributed by atoms with Gasteiger partial charge in [-0.3, -0.25) is 4.79 Å². The maximum atomic E-state index is 13.2. The lowest BCUT2D eigenvalue weighted by atomic mass is 9.85. The zero-order chi connectivity index (χ0) is 20.8. The van der Waals surface area contributed by atoms with Crippen molar-refractivity contribution in [2.24, 2.45) is 5.41 Å². The van der Waals surface area contributed by atoms with Gasteiger partial charge in [0.05, 0.1) is 19.1 Å². The molecule has 2 aromatic rings. The highest BCUT2D eigenvalue weighted by molar-refractivity contribution is 6.01. The molecule has 1 heterocycles. The molecule has 0 saturated heterocycles. The van der Waals surface area contributed by atoms with Crippen molar-refractivity contribution < 1.29 is 14.6 Å². The molecule has 5 nitrogen and oxygen atoms in total. The minimum absolute atomic E-state index is 0.0184. The quantitative estimate of drug-likeness (QED) is 0.709. The average Bonchev–Trinajstić information content (AvgIpc) is 3.39. The first-order valence-electron chi connectivity index (χ1n) is 10.3. The molecular formula is C24H30N2O3. The van der Waals surface area contributed by atoms with Crippen LogP contribution in [0.25, 0.3) is 0 Å². The smallest absolute Gasteiger partial charge is 0.235 e. The Labute approximate surface area is 172 Å². The minimum atomic E-state index is -0.512. The fourth-order valence-electron chi connectivity index (χ4n) is 4.18. The molecule has 3 N–H and O–H groups in total. The van der Waals surface area contributed by atoms with Crippen LogP contribution in [0.15, 0.2) is 36.4 Å². The van der Waals surface area contributed by atoms with E-state index in [0.29, 0.717) is 17.4 Å². The van der Waals surface area contributed by atoms with Crippen molar-refractivity contribution in [2.75, 3.05) is 17.7 Å². The second-order valence-corrected chi connectivity index (χ2v) is 9.36. The maximum Gasteiger partial charge on any atom is 0.235 e. The molecule has 1 aliphatic carbocycles. The molecule has 1 aliphatic heterocycles. The van der Waals surface area contributed by atoms with Crippen molar-refractivity contribution in [3.05, 3.63) is 53.1 Å². The lowest BCUT2D eigenvalue weighted by Gasteiger charge is -2.27. The second-order valence-electron chi connectivity index (χ2n) is 9.36. The van der Waals surface area contributed by atoms with Crippen LogP contribution in [-0.2, 0) is 23.2 Å². The normalized spacial score (nSPS) is 19.3. The van der Waals surface area contributed by atoms with Crippen molar-refractivity contribution in [1.82, 2.24) is 0 Å². The van der Waals surface area contributed by atoms with Gasteiger partial charge in [0.1, 0.15) is 5.75 Å². The molecule has 0 spiro atoms. The molecular weight excluding hydrogens is 364 g/mol. The minimum Gasteiger partial charge on any atom is -0.496 e. The molecule has 0 aromatic heterocycles. The summed E-state index contributed by atoms with van der Waals surface area (Å²) in [5.41, 5.74) is 4.57. The van der Waals surface area contributed by atoms with Crippen LogP contribution in [0.3, 0.4) is 0 Å². The molecule has 1 unspecified atom stereocenters. The number of aliphatic hydroxyl groups excluding tert-OH is 1. The van der Waals surface area contributed by atoms with E-state index in [1.54, 1.807) is 7.11 Å². The molecule has 5 heteroatoms. The summed E-state index contributed by atoms with van der Waals surface area (Å²) in [7, 11) is 1.58. The van der Waals surface area contributed by atoms with Gasteiger partial charge in [0.2, 0.25) is 5.91 Å². The molecule has 2 aromatic carbocycles. The SMILES string of the molecule is COc1ccc(C2(C(=O)Nc3ccc4c(c3)CC(C(C)(C)C)N4)CC2)cc1CO. The number of hydrogen-bond acceptors (Lipinski definition) is 4. The predicted octanol–water partition coefficient (Wildman–Crippen LogP) is 4.24. The van der Waals surface area contributed by atoms with Crippen LogP contribution in [0.2, 0.25) is 0 Å². The van der Waals surface area contributed by atoms with E-state index in [4.69, 9.17) is 4.74 Å². The van der Waals surface area contributed by atoms with E-state index >= 15 is 0 Å². The van der Waals surface area contributed by atoms with Crippen LogP contribution in [0.1, 0.15) is 50.3 Å². The van der Waals surface area contributed by atoms with Gasteiger partial charge < -0.3 is 20.5 Å². The first-order valence-corrected chi connectivity index (χ1v) is 10.3. The third kappa shape index (κ3) is 3.60. The van der Waals surface area contributed by atoms with Gasteiger partial charge in [-0.05, 0) is 66.1 Å². The van der Waals surface area contributed by atoms with Crippen LogP contribution in [-0.4, -0.2) is 24.2 Å². The molecule has 0 radical (unpaired) electrons. The summed E-state index contributed by atoms with van der Waals surface area (Å²) >= 11 is 0. The summed E-state index contributed by atoms with van der Waals surface area (Å²) in [6.07, 6.45) is 2.59. The standard InChI is InChI=1S/C24H30N2O3/c1-23(2,3)21-13-15-12-18(6-7-19(15)26-21)25-22(28)24(9-10-24)17-5-8-20(29-4)16(11-17)14-27/h5-8,11-12,21,26-27H,9-10,13-14H2,1-4H3,(H,25,28). The van der Waals surface area contributed by atoms with E-state index in [9.17, 15) is 9.90 Å². The van der Waals surface area contributed by atoms with E-state index < -0.39 is 5.41 Å². The zero-order valence-corrected chi connectivity index (χ0v) is 17.6. The van der Waals surface area contributed by atoms with Crippen LogP contribution in [0.4, 0.5) is 11.4 Å². The summed E-state index contributed by atoms with van der Waals surface area (Å²) in [6, 6.07) is 12.2. The Bertz CT molecular complexity index is 942. The molecule has 154 valence electrons. The fraction of sp³-hybridized carbons (Fsp3) is 0.458. The van der Waals surface area contributed by atoms with Gasteiger partial charge in [-0.2, -0.15) is 0 Å². The molecule has 2 aliphatic rings. The number of fused-ring (bicyclic) bond motifs is 1. The maximum absolute atomic E-state index is 13.2. The second kappa shape index (κ2) is 7.06. The lowest BCUT2D eigenvalue weighted by molar-refractivity contribution is -0.118. The molecule has 1 amide bonds. The van der Waals surface area contributed by atoms with E-state index in [-0.39, 0.29) is 17.9 Å². The van der Waals surface area contributed by atoms with Crippen molar-refractivity contribution >= 4 is 17.3 Å². The number of rotatable bonds is 5. The van der Waals surface area contributed by atoms with Gasteiger partial charge in [0.15, 0.2) is 0 Å². The van der Waals surface area contributed by atoms with E-state index in [2.05, 4.69) is 43.5 Å². The Balaban J connectivity index is 1.52. The number of carbonyl (C=O) groups is 1. The summed E-state index contributed by atoms with van der Waals surface area (Å²) in [6.45, 7) is 6.62. The third-order valence-corrected chi connectivity index (χ3v) is 6.35. The molecule has 1 atom stereocenters. The van der Waals surface area contributed by atoms with E-state index in [1.165, 1.54) is 5.56 Å². The van der Waals surface area contributed by atoms with Crippen molar-refractivity contribution in [1.29, 1.82) is 0 Å². The number of amides is 1. The highest BCUT2D eigenvalue weighted by Crippen LogP contribution is 2.50. The molecule has 0 bridgehead atoms. The summed E-state index contributed by atoms with van der Waals surface area (Å²) in [5, 5.41) is 16.3.